The lowest BCUT2D eigenvalue weighted by Crippen LogP contribution is -2.33. The lowest BCUT2D eigenvalue weighted by atomic mass is 9.74. The van der Waals surface area contributed by atoms with Gasteiger partial charge in [0.15, 0.2) is 0 Å². The Labute approximate surface area is 227 Å². The Morgan fingerprint density at radius 3 is 1.65 bits per heavy atom. The third-order valence-electron chi connectivity index (χ3n) is 6.05. The van der Waals surface area contributed by atoms with Gasteiger partial charge in [-0.25, -0.2) is 4.39 Å². The molecule has 1 N–H and O–H groups in total. The summed E-state index contributed by atoms with van der Waals surface area (Å²) in [4.78, 5) is 0. The van der Waals surface area contributed by atoms with E-state index in [0.29, 0.717) is 5.92 Å². The number of rotatable bonds is 8. The molecule has 0 bridgehead atoms. The normalized spacial score (nSPS) is 14.4. The van der Waals surface area contributed by atoms with Gasteiger partial charge in [0.05, 0.1) is 30.3 Å². The number of hydrogen-bond acceptors (Lipinski definition) is 2. The van der Waals surface area contributed by atoms with Crippen molar-refractivity contribution in [1.82, 2.24) is 0 Å². The number of methoxy groups -OCH3 is 1. The van der Waals surface area contributed by atoms with Crippen molar-refractivity contribution in [3.8, 4) is 5.75 Å². The second-order valence-corrected chi connectivity index (χ2v) is 10.8. The molecule has 40 heavy (non-hydrogen) atoms. The first-order valence-corrected chi connectivity index (χ1v) is 12.3. The van der Waals surface area contributed by atoms with Crippen LogP contribution in [0.1, 0.15) is 69.7 Å². The molecule has 0 saturated carbocycles. The summed E-state index contributed by atoms with van der Waals surface area (Å²) in [5, 5.41) is 8.72. The monoisotopic (exact) mass is 592 g/mol. The Balaban J connectivity index is 0.00000101. The van der Waals surface area contributed by atoms with Crippen LogP contribution in [0.5, 0.6) is 5.75 Å². The second kappa shape index (κ2) is 13.4. The fourth-order valence-electron chi connectivity index (χ4n) is 4.34. The summed E-state index contributed by atoms with van der Waals surface area (Å²) in [7, 11) is 1.23. The lowest BCUT2D eigenvalue weighted by molar-refractivity contribution is -0.179. The Morgan fingerprint density at radius 1 is 0.800 bits per heavy atom. The molecule has 2 atom stereocenters. The van der Waals surface area contributed by atoms with Crippen LogP contribution >= 0.6 is 0 Å². The van der Waals surface area contributed by atoms with Crippen LogP contribution in [0.3, 0.4) is 0 Å². The van der Waals surface area contributed by atoms with Crippen molar-refractivity contribution in [1.29, 1.82) is 0 Å². The molecule has 0 fully saturated rings. The van der Waals surface area contributed by atoms with Gasteiger partial charge in [-0.1, -0.05) is 27.7 Å². The topological polar surface area (TPSA) is 29.5 Å². The minimum Gasteiger partial charge on any atom is -0.496 e. The van der Waals surface area contributed by atoms with Crippen LogP contribution < -0.4 is 4.74 Å². The smallest absolute Gasteiger partial charge is 0.416 e. The van der Waals surface area contributed by atoms with E-state index < -0.39 is 65.2 Å². The summed E-state index contributed by atoms with van der Waals surface area (Å²) >= 11 is 0. The van der Waals surface area contributed by atoms with Crippen LogP contribution in [-0.4, -0.2) is 24.5 Å². The highest BCUT2D eigenvalue weighted by atomic mass is 19.4. The summed E-state index contributed by atoms with van der Waals surface area (Å²) in [6.07, 6.45) is -16.4. The maximum atomic E-state index is 13.8. The van der Waals surface area contributed by atoms with E-state index in [0.717, 1.165) is 18.6 Å². The van der Waals surface area contributed by atoms with Crippen LogP contribution in [0.4, 0.5) is 43.9 Å². The molecule has 2 aromatic carbocycles. The zero-order valence-electron chi connectivity index (χ0n) is 23.0. The zero-order valence-corrected chi connectivity index (χ0v) is 23.0. The summed E-state index contributed by atoms with van der Waals surface area (Å²) in [5.74, 6) is -2.33. The molecular formula is C28H34F10O2. The van der Waals surface area contributed by atoms with Gasteiger partial charge in [-0.05, 0) is 79.5 Å². The Kier molecular flexibility index (Phi) is 11.9. The van der Waals surface area contributed by atoms with Crippen LogP contribution in [0.15, 0.2) is 36.4 Å². The van der Waals surface area contributed by atoms with Gasteiger partial charge in [0.1, 0.15) is 11.6 Å². The van der Waals surface area contributed by atoms with E-state index in [1.165, 1.54) is 27.0 Å². The van der Waals surface area contributed by atoms with Crippen molar-refractivity contribution in [2.45, 2.75) is 83.9 Å². The van der Waals surface area contributed by atoms with Gasteiger partial charge in [-0.3, -0.25) is 0 Å². The van der Waals surface area contributed by atoms with E-state index in [1.807, 2.05) is 6.92 Å². The molecular weight excluding hydrogens is 558 g/mol. The highest BCUT2D eigenvalue weighted by molar-refractivity contribution is 5.40. The number of ether oxygens (including phenoxy) is 1. The van der Waals surface area contributed by atoms with E-state index in [1.54, 1.807) is 0 Å². The average molecular weight is 593 g/mol. The number of alkyl halides is 9. The molecule has 0 spiro atoms. The van der Waals surface area contributed by atoms with Crippen LogP contribution in [0.25, 0.3) is 0 Å². The van der Waals surface area contributed by atoms with Crippen LogP contribution in [-0.2, 0) is 24.2 Å². The Hall–Kier alpha value is -2.50. The van der Waals surface area contributed by atoms with Crippen molar-refractivity contribution in [2.24, 2.45) is 11.8 Å². The molecule has 0 aromatic heterocycles. The molecule has 0 aliphatic rings. The number of aliphatic hydroxyl groups is 1. The molecule has 0 amide bonds. The molecule has 228 valence electrons. The largest absolute Gasteiger partial charge is 0.496 e. The van der Waals surface area contributed by atoms with Crippen LogP contribution in [0.2, 0.25) is 0 Å². The summed E-state index contributed by atoms with van der Waals surface area (Å²) < 4.78 is 139. The second-order valence-electron chi connectivity index (χ2n) is 10.8. The summed E-state index contributed by atoms with van der Waals surface area (Å²) in [5.41, 5.74) is -5.46. The van der Waals surface area contributed by atoms with Crippen molar-refractivity contribution in [3.05, 3.63) is 64.5 Å². The molecule has 2 aromatic rings. The molecule has 0 saturated heterocycles. The summed E-state index contributed by atoms with van der Waals surface area (Å²) in [6.45, 7) is 8.74. The van der Waals surface area contributed by atoms with Crippen molar-refractivity contribution in [3.63, 3.8) is 0 Å². The van der Waals surface area contributed by atoms with Gasteiger partial charge in [0.25, 0.3) is 0 Å². The first-order valence-electron chi connectivity index (χ1n) is 12.3. The van der Waals surface area contributed by atoms with E-state index in [-0.39, 0.29) is 35.6 Å². The van der Waals surface area contributed by atoms with Gasteiger partial charge in [0.2, 0.25) is 0 Å². The van der Waals surface area contributed by atoms with Gasteiger partial charge in [-0.15, -0.1) is 0 Å². The van der Waals surface area contributed by atoms with Crippen molar-refractivity contribution < 1.29 is 53.7 Å². The quantitative estimate of drug-likeness (QED) is 0.310. The zero-order chi connectivity index (χ0) is 31.3. The van der Waals surface area contributed by atoms with E-state index >= 15 is 0 Å². The Morgan fingerprint density at radius 2 is 1.30 bits per heavy atom. The van der Waals surface area contributed by atoms with E-state index in [4.69, 9.17) is 9.84 Å². The van der Waals surface area contributed by atoms with Crippen molar-refractivity contribution >= 4 is 0 Å². The predicted molar refractivity (Wildman–Crippen MR) is 131 cm³/mol. The van der Waals surface area contributed by atoms with E-state index in [9.17, 15) is 43.9 Å². The minimum atomic E-state index is -5.18. The third-order valence-corrected chi connectivity index (χ3v) is 6.05. The number of hydrogen-bond donors (Lipinski definition) is 1. The minimum absolute atomic E-state index is 0.0827. The molecule has 0 heterocycles. The molecule has 0 aliphatic heterocycles. The van der Waals surface area contributed by atoms with Gasteiger partial charge in [-0.2, -0.15) is 39.5 Å². The van der Waals surface area contributed by atoms with Crippen molar-refractivity contribution in [2.75, 3.05) is 7.11 Å². The molecule has 2 unspecified atom stereocenters. The number of aliphatic hydroxyl groups excluding tert-OH is 1. The molecule has 0 radical (unpaired) electrons. The van der Waals surface area contributed by atoms with E-state index in [2.05, 4.69) is 13.8 Å². The molecule has 0 aliphatic carbocycles. The fourth-order valence-corrected chi connectivity index (χ4v) is 4.34. The average Bonchev–Trinajstić information content (AvgIpc) is 2.76. The molecule has 2 rings (SSSR count). The summed E-state index contributed by atoms with van der Waals surface area (Å²) in [6, 6.07) is 3.66. The number of halogens is 10. The predicted octanol–water partition coefficient (Wildman–Crippen LogP) is 9.37. The molecule has 12 heteroatoms. The highest BCUT2D eigenvalue weighted by Gasteiger charge is 2.44. The van der Waals surface area contributed by atoms with Gasteiger partial charge < -0.3 is 9.84 Å². The lowest BCUT2D eigenvalue weighted by Gasteiger charge is -2.33. The maximum absolute atomic E-state index is 13.8. The van der Waals surface area contributed by atoms with Gasteiger partial charge >= 0.3 is 18.5 Å². The number of benzene rings is 2. The molecule has 2 nitrogen and oxygen atoms in total. The van der Waals surface area contributed by atoms with Crippen LogP contribution in [0, 0.1) is 17.7 Å². The standard InChI is InChI=1S/C22H20F10O.C6H14O/c1-19(2,17-10-16(23)4-5-18(17)33-3)11-15(22(30,31)32)8-12-6-13(20(24,25)26)9-14(7-12)21(27,28)29;1-5(2)4-6(3)7/h4-7,9-10,15H,8,11H2,1-3H3;5-7H,4H2,1-3H3. The third kappa shape index (κ3) is 11.2. The first-order chi connectivity index (χ1) is 18.0. The maximum Gasteiger partial charge on any atom is 0.416 e. The van der Waals surface area contributed by atoms with Gasteiger partial charge in [0, 0.05) is 5.56 Å². The highest BCUT2D eigenvalue weighted by Crippen LogP contribution is 2.44. The fraction of sp³-hybridized carbons (Fsp3) is 0.571. The first kappa shape index (κ1) is 35.5. The Bertz CT molecular complexity index is 1050. The SMILES string of the molecule is CC(C)CC(C)O.COc1ccc(F)cc1C(C)(C)CC(Cc1cc(C(F)(F)F)cc(C(F)(F)F)c1)C(F)(F)F.